The van der Waals surface area contributed by atoms with Crippen LogP contribution < -0.4 is 5.32 Å². The number of pyridine rings is 1. The lowest BCUT2D eigenvalue weighted by molar-refractivity contribution is -0.383. The van der Waals surface area contributed by atoms with Gasteiger partial charge in [0.2, 0.25) is 0 Å². The largest absolute Gasteiger partial charge is 0.479 e. The molecule has 1 atom stereocenters. The van der Waals surface area contributed by atoms with Crippen LogP contribution in [0, 0.1) is 17.0 Å². The molecule has 8 heteroatoms. The summed E-state index contributed by atoms with van der Waals surface area (Å²) in [6.07, 6.45) is 0. The molecule has 8 nitrogen and oxygen atoms in total. The van der Waals surface area contributed by atoms with Crippen molar-refractivity contribution in [2.75, 3.05) is 11.9 Å². The minimum Gasteiger partial charge on any atom is -0.479 e. The highest BCUT2D eigenvalue weighted by Crippen LogP contribution is 2.30. The lowest BCUT2D eigenvalue weighted by Gasteiger charge is -2.20. The zero-order valence-electron chi connectivity index (χ0n) is 12.0. The van der Waals surface area contributed by atoms with Gasteiger partial charge in [-0.05, 0) is 19.9 Å². The summed E-state index contributed by atoms with van der Waals surface area (Å²) in [5.41, 5.74) is -0.851. The molecule has 22 heavy (non-hydrogen) atoms. The van der Waals surface area contributed by atoms with E-state index in [1.54, 1.807) is 19.1 Å². The maximum absolute atomic E-state index is 11.1. The van der Waals surface area contributed by atoms with Gasteiger partial charge in [-0.3, -0.25) is 10.1 Å². The van der Waals surface area contributed by atoms with E-state index in [-0.39, 0.29) is 17.7 Å². The molecule has 3 N–H and O–H groups in total. The first-order valence-electron chi connectivity index (χ1n) is 6.47. The third-order valence-electron chi connectivity index (χ3n) is 3.23. The topological polar surface area (TPSA) is 126 Å². The Hall–Kier alpha value is -2.74. The number of non-ortho nitro benzene ring substituents is 1. The number of aromatic nitrogens is 1. The molecule has 0 saturated heterocycles. The standard InChI is InChI=1S/C14H15N3O5/c1-8-6-10(15-7-14(2,20)13(18)19)9-4-3-5-11(17(21)22)12(9)16-8/h3-6,20H,7H2,1-2H3,(H,15,16)(H,18,19). The summed E-state index contributed by atoms with van der Waals surface area (Å²) in [6, 6.07) is 6.17. The molecule has 1 heterocycles. The lowest BCUT2D eigenvalue weighted by Crippen LogP contribution is -2.41. The Labute approximate surface area is 125 Å². The van der Waals surface area contributed by atoms with E-state index in [9.17, 15) is 20.0 Å². The third-order valence-corrected chi connectivity index (χ3v) is 3.23. The molecule has 0 saturated carbocycles. The lowest BCUT2D eigenvalue weighted by atomic mass is 10.1. The van der Waals surface area contributed by atoms with Gasteiger partial charge < -0.3 is 15.5 Å². The quantitative estimate of drug-likeness (QED) is 0.567. The predicted octanol–water partition coefficient (Wildman–Crippen LogP) is 1.70. The number of hydrogen-bond donors (Lipinski definition) is 3. The Bertz CT molecular complexity index is 757. The average Bonchev–Trinajstić information content (AvgIpc) is 2.43. The van der Waals surface area contributed by atoms with Gasteiger partial charge in [0.15, 0.2) is 11.1 Å². The molecule has 0 aliphatic rings. The van der Waals surface area contributed by atoms with E-state index in [1.165, 1.54) is 19.1 Å². The van der Waals surface area contributed by atoms with Gasteiger partial charge in [-0.15, -0.1) is 0 Å². The van der Waals surface area contributed by atoms with Gasteiger partial charge in [-0.25, -0.2) is 9.78 Å². The number of aliphatic carboxylic acids is 1. The summed E-state index contributed by atoms with van der Waals surface area (Å²) < 4.78 is 0. The van der Waals surface area contributed by atoms with Crippen molar-refractivity contribution in [3.05, 3.63) is 40.1 Å². The molecular formula is C14H15N3O5. The van der Waals surface area contributed by atoms with Crippen LogP contribution in [0.4, 0.5) is 11.4 Å². The maximum atomic E-state index is 11.1. The van der Waals surface area contributed by atoms with E-state index < -0.39 is 16.5 Å². The molecule has 0 aliphatic carbocycles. The van der Waals surface area contributed by atoms with E-state index in [4.69, 9.17) is 5.11 Å². The monoisotopic (exact) mass is 305 g/mol. The number of benzene rings is 1. The first-order valence-corrected chi connectivity index (χ1v) is 6.47. The van der Waals surface area contributed by atoms with Crippen LogP contribution >= 0.6 is 0 Å². The molecule has 0 spiro atoms. The third kappa shape index (κ3) is 2.96. The Morgan fingerprint density at radius 2 is 2.18 bits per heavy atom. The van der Waals surface area contributed by atoms with E-state index in [1.807, 2.05) is 0 Å². The number of aryl methyl sites for hydroxylation is 1. The van der Waals surface area contributed by atoms with Crippen LogP contribution in [0.1, 0.15) is 12.6 Å². The summed E-state index contributed by atoms with van der Waals surface area (Å²) in [4.78, 5) is 25.7. The van der Waals surface area contributed by atoms with E-state index in [0.29, 0.717) is 16.8 Å². The normalized spacial score (nSPS) is 13.6. The Morgan fingerprint density at radius 3 is 2.77 bits per heavy atom. The SMILES string of the molecule is Cc1cc(NCC(C)(O)C(=O)O)c2cccc([N+](=O)[O-])c2n1. The number of nitro benzene ring substituents is 1. The summed E-state index contributed by atoms with van der Waals surface area (Å²) in [5.74, 6) is -1.36. The van der Waals surface area contributed by atoms with Crippen LogP contribution in [-0.4, -0.2) is 38.2 Å². The van der Waals surface area contributed by atoms with Crippen molar-refractivity contribution in [2.45, 2.75) is 19.4 Å². The summed E-state index contributed by atoms with van der Waals surface area (Å²) >= 11 is 0. The zero-order valence-corrected chi connectivity index (χ0v) is 12.0. The van der Waals surface area contributed by atoms with Crippen LogP contribution in [0.15, 0.2) is 24.3 Å². The van der Waals surface area contributed by atoms with Gasteiger partial charge in [0.1, 0.15) is 0 Å². The Kier molecular flexibility index (Phi) is 3.96. The number of hydrogen-bond acceptors (Lipinski definition) is 6. The van der Waals surface area contributed by atoms with E-state index in [2.05, 4.69) is 10.3 Å². The number of rotatable bonds is 5. The molecule has 0 fully saturated rings. The van der Waals surface area contributed by atoms with Crippen molar-refractivity contribution >= 4 is 28.2 Å². The molecule has 1 aromatic carbocycles. The van der Waals surface area contributed by atoms with E-state index >= 15 is 0 Å². The maximum Gasteiger partial charge on any atom is 0.337 e. The highest BCUT2D eigenvalue weighted by Gasteiger charge is 2.29. The predicted molar refractivity (Wildman–Crippen MR) is 79.9 cm³/mol. The number of carbonyl (C=O) groups is 1. The smallest absolute Gasteiger partial charge is 0.337 e. The number of nitro groups is 1. The number of carboxylic acids is 1. The summed E-state index contributed by atoms with van der Waals surface area (Å²) in [6.45, 7) is 2.60. The second kappa shape index (κ2) is 5.57. The molecule has 0 aliphatic heterocycles. The number of nitrogens with one attached hydrogen (secondary N) is 1. The minimum absolute atomic E-state index is 0.130. The van der Waals surface area contributed by atoms with Gasteiger partial charge in [0.25, 0.3) is 5.69 Å². The number of fused-ring (bicyclic) bond motifs is 1. The molecule has 116 valence electrons. The van der Waals surface area contributed by atoms with E-state index in [0.717, 1.165) is 0 Å². The molecule has 0 bridgehead atoms. The van der Waals surface area contributed by atoms with Crippen molar-refractivity contribution in [1.29, 1.82) is 0 Å². The molecule has 0 amide bonds. The zero-order chi connectivity index (χ0) is 16.5. The number of nitrogens with zero attached hydrogens (tertiary/aromatic N) is 2. The number of aliphatic hydroxyl groups is 1. The van der Waals surface area contributed by atoms with Gasteiger partial charge >= 0.3 is 5.97 Å². The number of para-hydroxylation sites is 1. The molecule has 1 aromatic heterocycles. The average molecular weight is 305 g/mol. The molecular weight excluding hydrogens is 290 g/mol. The second-order valence-corrected chi connectivity index (χ2v) is 5.17. The minimum atomic E-state index is -1.95. The molecule has 2 aromatic rings. The highest BCUT2D eigenvalue weighted by molar-refractivity contribution is 5.96. The van der Waals surface area contributed by atoms with Crippen LogP contribution in [-0.2, 0) is 4.79 Å². The highest BCUT2D eigenvalue weighted by atomic mass is 16.6. The van der Waals surface area contributed by atoms with Crippen molar-refractivity contribution in [3.63, 3.8) is 0 Å². The number of carboxylic acid groups (broad SMARTS) is 1. The van der Waals surface area contributed by atoms with Gasteiger partial charge in [0, 0.05) is 22.8 Å². The van der Waals surface area contributed by atoms with Crippen molar-refractivity contribution in [2.24, 2.45) is 0 Å². The molecule has 2 rings (SSSR count). The van der Waals surface area contributed by atoms with Crippen LogP contribution in [0.25, 0.3) is 10.9 Å². The fraction of sp³-hybridized carbons (Fsp3) is 0.286. The van der Waals surface area contributed by atoms with Crippen LogP contribution in [0.5, 0.6) is 0 Å². The Balaban J connectivity index is 2.49. The van der Waals surface area contributed by atoms with Crippen molar-refractivity contribution in [3.8, 4) is 0 Å². The van der Waals surface area contributed by atoms with Crippen molar-refractivity contribution < 1.29 is 19.9 Å². The van der Waals surface area contributed by atoms with Gasteiger partial charge in [0.05, 0.1) is 11.5 Å². The summed E-state index contributed by atoms with van der Waals surface area (Å²) in [5, 5.41) is 33.0. The summed E-state index contributed by atoms with van der Waals surface area (Å²) in [7, 11) is 0. The van der Waals surface area contributed by atoms with Gasteiger partial charge in [-0.2, -0.15) is 0 Å². The van der Waals surface area contributed by atoms with Gasteiger partial charge in [-0.1, -0.05) is 12.1 Å². The first kappa shape index (κ1) is 15.6. The fourth-order valence-electron chi connectivity index (χ4n) is 2.00. The van der Waals surface area contributed by atoms with Crippen LogP contribution in [0.2, 0.25) is 0 Å². The Morgan fingerprint density at radius 1 is 1.50 bits per heavy atom. The first-order chi connectivity index (χ1) is 10.2. The molecule has 1 unspecified atom stereocenters. The molecule has 0 radical (unpaired) electrons. The van der Waals surface area contributed by atoms with Crippen molar-refractivity contribution in [1.82, 2.24) is 4.98 Å². The van der Waals surface area contributed by atoms with Crippen LogP contribution in [0.3, 0.4) is 0 Å². The second-order valence-electron chi connectivity index (χ2n) is 5.17. The fourth-order valence-corrected chi connectivity index (χ4v) is 2.00. The number of anilines is 1.